The van der Waals surface area contributed by atoms with Crippen LogP contribution in [0.5, 0.6) is 0 Å². The Morgan fingerprint density at radius 2 is 2.24 bits per heavy atom. The molecule has 1 aromatic heterocycles. The van der Waals surface area contributed by atoms with Crippen molar-refractivity contribution in [3.8, 4) is 0 Å². The minimum Gasteiger partial charge on any atom is -0.377 e. The molecule has 0 bridgehead atoms. The first-order chi connectivity index (χ1) is 8.18. The molecular formula is C13H23N3O. The smallest absolute Gasteiger partial charge is 0.108 e. The fourth-order valence-corrected chi connectivity index (χ4v) is 2.88. The summed E-state index contributed by atoms with van der Waals surface area (Å²) in [6.45, 7) is 0. The van der Waals surface area contributed by atoms with Crippen LogP contribution in [0.25, 0.3) is 0 Å². The molecular weight excluding hydrogens is 214 g/mol. The second-order valence-corrected chi connectivity index (χ2v) is 5.08. The van der Waals surface area contributed by atoms with Crippen molar-refractivity contribution in [2.24, 2.45) is 12.8 Å². The first-order valence-corrected chi connectivity index (χ1v) is 6.45. The molecule has 1 fully saturated rings. The van der Waals surface area contributed by atoms with E-state index in [1.807, 2.05) is 19.4 Å². The maximum atomic E-state index is 6.33. The molecule has 1 heterocycles. The maximum absolute atomic E-state index is 6.33. The molecule has 2 rings (SSSR count). The van der Waals surface area contributed by atoms with Gasteiger partial charge < -0.3 is 15.0 Å². The number of nitrogens with two attached hydrogens (primary N) is 1. The molecule has 1 saturated carbocycles. The van der Waals surface area contributed by atoms with Gasteiger partial charge in [-0.1, -0.05) is 12.8 Å². The van der Waals surface area contributed by atoms with Crippen LogP contribution >= 0.6 is 0 Å². The van der Waals surface area contributed by atoms with Gasteiger partial charge in [0.05, 0.1) is 5.60 Å². The number of ether oxygens (including phenoxy) is 1. The lowest BCUT2D eigenvalue weighted by Crippen LogP contribution is -2.47. The summed E-state index contributed by atoms with van der Waals surface area (Å²) in [5, 5.41) is 0. The average Bonchev–Trinajstić information content (AvgIpc) is 2.95. The van der Waals surface area contributed by atoms with Gasteiger partial charge in [0.2, 0.25) is 0 Å². The molecule has 0 saturated heterocycles. The van der Waals surface area contributed by atoms with E-state index in [1.54, 1.807) is 7.11 Å². The van der Waals surface area contributed by atoms with Gasteiger partial charge in [-0.25, -0.2) is 4.98 Å². The Hall–Kier alpha value is -0.870. The Bertz CT molecular complexity index is 355. The van der Waals surface area contributed by atoms with Crippen LogP contribution in [0, 0.1) is 0 Å². The topological polar surface area (TPSA) is 53.1 Å². The standard InChI is InChI=1S/C13H23N3O/c1-16-10-9-15-12(16)6-5-11(14)13(17-2)7-3-4-8-13/h9-11H,3-8,14H2,1-2H3. The highest BCUT2D eigenvalue weighted by Gasteiger charge is 2.39. The third kappa shape index (κ3) is 2.53. The second kappa shape index (κ2) is 5.19. The van der Waals surface area contributed by atoms with Gasteiger partial charge in [-0.2, -0.15) is 0 Å². The fraction of sp³-hybridized carbons (Fsp3) is 0.769. The third-order valence-corrected chi connectivity index (χ3v) is 4.13. The quantitative estimate of drug-likeness (QED) is 0.847. The molecule has 1 aliphatic carbocycles. The van der Waals surface area contributed by atoms with Crippen molar-refractivity contribution in [2.45, 2.75) is 50.2 Å². The molecule has 0 spiro atoms. The number of aromatic nitrogens is 2. The van der Waals surface area contributed by atoms with Gasteiger partial charge in [-0.3, -0.25) is 0 Å². The zero-order valence-electron chi connectivity index (χ0n) is 10.9. The molecule has 1 unspecified atom stereocenters. The molecule has 2 N–H and O–H groups in total. The van der Waals surface area contributed by atoms with E-state index in [0.717, 1.165) is 31.5 Å². The summed E-state index contributed by atoms with van der Waals surface area (Å²) in [4.78, 5) is 4.33. The Labute approximate surface area is 103 Å². The summed E-state index contributed by atoms with van der Waals surface area (Å²) in [5.74, 6) is 1.10. The van der Waals surface area contributed by atoms with Crippen molar-refractivity contribution in [3.63, 3.8) is 0 Å². The first-order valence-electron chi connectivity index (χ1n) is 6.45. The van der Waals surface area contributed by atoms with Gasteiger partial charge in [-0.05, 0) is 19.3 Å². The molecule has 1 aliphatic rings. The highest BCUT2D eigenvalue weighted by molar-refractivity contribution is 4.98. The van der Waals surface area contributed by atoms with Crippen molar-refractivity contribution in [2.75, 3.05) is 7.11 Å². The van der Waals surface area contributed by atoms with E-state index in [1.165, 1.54) is 12.8 Å². The molecule has 0 amide bonds. The molecule has 0 radical (unpaired) electrons. The van der Waals surface area contributed by atoms with Crippen LogP contribution in [0.3, 0.4) is 0 Å². The summed E-state index contributed by atoms with van der Waals surface area (Å²) in [5.41, 5.74) is 6.25. The SMILES string of the molecule is COC1(C(N)CCc2nccn2C)CCCC1. The van der Waals surface area contributed by atoms with Gasteiger partial charge in [0.25, 0.3) is 0 Å². The minimum absolute atomic E-state index is 0.0782. The van der Waals surface area contributed by atoms with Crippen molar-refractivity contribution in [1.29, 1.82) is 0 Å². The van der Waals surface area contributed by atoms with E-state index in [4.69, 9.17) is 10.5 Å². The van der Waals surface area contributed by atoms with Gasteiger partial charge in [0.1, 0.15) is 5.82 Å². The van der Waals surface area contributed by atoms with Crippen LogP contribution in [0.15, 0.2) is 12.4 Å². The van der Waals surface area contributed by atoms with Crippen LogP contribution in [-0.2, 0) is 18.2 Å². The molecule has 1 atom stereocenters. The normalized spacial score (nSPS) is 20.6. The zero-order valence-corrected chi connectivity index (χ0v) is 10.9. The number of aryl methyl sites for hydroxylation is 2. The van der Waals surface area contributed by atoms with E-state index < -0.39 is 0 Å². The Morgan fingerprint density at radius 1 is 1.53 bits per heavy atom. The summed E-state index contributed by atoms with van der Waals surface area (Å²) in [6.07, 6.45) is 10.4. The Kier molecular flexibility index (Phi) is 3.84. The van der Waals surface area contributed by atoms with Crippen molar-refractivity contribution >= 4 is 0 Å². The predicted molar refractivity (Wildman–Crippen MR) is 67.7 cm³/mol. The van der Waals surface area contributed by atoms with Gasteiger partial charge in [0, 0.05) is 39.0 Å². The first kappa shape index (κ1) is 12.6. The Balaban J connectivity index is 1.92. The second-order valence-electron chi connectivity index (χ2n) is 5.08. The number of hydrogen-bond acceptors (Lipinski definition) is 3. The van der Waals surface area contributed by atoms with Gasteiger partial charge >= 0.3 is 0 Å². The van der Waals surface area contributed by atoms with E-state index in [2.05, 4.69) is 9.55 Å². The van der Waals surface area contributed by atoms with Crippen LogP contribution in [0.4, 0.5) is 0 Å². The highest BCUT2D eigenvalue weighted by Crippen LogP contribution is 2.36. The lowest BCUT2D eigenvalue weighted by molar-refractivity contribution is -0.0274. The average molecular weight is 237 g/mol. The number of hydrogen-bond donors (Lipinski definition) is 1. The number of nitrogens with zero attached hydrogens (tertiary/aromatic N) is 2. The molecule has 0 aromatic carbocycles. The number of rotatable bonds is 5. The summed E-state index contributed by atoms with van der Waals surface area (Å²) >= 11 is 0. The monoisotopic (exact) mass is 237 g/mol. The molecule has 96 valence electrons. The third-order valence-electron chi connectivity index (χ3n) is 4.13. The van der Waals surface area contributed by atoms with E-state index in [9.17, 15) is 0 Å². The summed E-state index contributed by atoms with van der Waals surface area (Å²) in [7, 11) is 3.82. The summed E-state index contributed by atoms with van der Waals surface area (Å²) < 4.78 is 7.76. The Morgan fingerprint density at radius 3 is 2.76 bits per heavy atom. The van der Waals surface area contributed by atoms with Crippen LogP contribution < -0.4 is 5.73 Å². The van der Waals surface area contributed by atoms with Crippen LogP contribution in [0.1, 0.15) is 37.9 Å². The number of imidazole rings is 1. The number of methoxy groups -OCH3 is 1. The largest absolute Gasteiger partial charge is 0.377 e. The molecule has 0 aliphatic heterocycles. The van der Waals surface area contributed by atoms with Crippen LogP contribution in [0.2, 0.25) is 0 Å². The highest BCUT2D eigenvalue weighted by atomic mass is 16.5. The molecule has 17 heavy (non-hydrogen) atoms. The van der Waals surface area contributed by atoms with Crippen molar-refractivity contribution in [1.82, 2.24) is 9.55 Å². The van der Waals surface area contributed by atoms with Crippen molar-refractivity contribution in [3.05, 3.63) is 18.2 Å². The minimum atomic E-state index is -0.0782. The van der Waals surface area contributed by atoms with Gasteiger partial charge in [0.15, 0.2) is 0 Å². The lowest BCUT2D eigenvalue weighted by atomic mass is 9.89. The lowest BCUT2D eigenvalue weighted by Gasteiger charge is -2.33. The molecule has 1 aromatic rings. The van der Waals surface area contributed by atoms with Crippen LogP contribution in [-0.4, -0.2) is 28.3 Å². The summed E-state index contributed by atoms with van der Waals surface area (Å²) in [6, 6.07) is 0.117. The zero-order chi connectivity index (χ0) is 12.3. The fourth-order valence-electron chi connectivity index (χ4n) is 2.88. The van der Waals surface area contributed by atoms with Crippen molar-refractivity contribution < 1.29 is 4.74 Å². The maximum Gasteiger partial charge on any atom is 0.108 e. The van der Waals surface area contributed by atoms with E-state index in [-0.39, 0.29) is 11.6 Å². The molecule has 4 nitrogen and oxygen atoms in total. The molecule has 4 heteroatoms. The predicted octanol–water partition coefficient (Wildman–Crippen LogP) is 1.64. The van der Waals surface area contributed by atoms with E-state index in [0.29, 0.717) is 0 Å². The van der Waals surface area contributed by atoms with E-state index >= 15 is 0 Å². The van der Waals surface area contributed by atoms with Gasteiger partial charge in [-0.15, -0.1) is 0 Å².